The van der Waals surface area contributed by atoms with Gasteiger partial charge in [0.15, 0.2) is 5.82 Å². The number of halogens is 1. The first-order valence-corrected chi connectivity index (χ1v) is 3.72. The Morgan fingerprint density at radius 3 is 2.50 bits per heavy atom. The fourth-order valence-electron chi connectivity index (χ4n) is 0.792. The normalized spacial score (nSPS) is 10.4. The predicted molar refractivity (Wildman–Crippen MR) is 42.6 cm³/mol. The number of rotatable bonds is 2. The fourth-order valence-corrected chi connectivity index (χ4v) is 0.792. The smallest absolute Gasteiger partial charge is 0.269 e. The van der Waals surface area contributed by atoms with Crippen LogP contribution in [0.4, 0.5) is 4.39 Å². The molecule has 1 rings (SSSR count). The van der Waals surface area contributed by atoms with Gasteiger partial charge in [0, 0.05) is 6.07 Å². The molecule has 0 N–H and O–H groups in total. The summed E-state index contributed by atoms with van der Waals surface area (Å²) in [6.45, 7) is 3.85. The third-order valence-corrected chi connectivity index (χ3v) is 1.52. The van der Waals surface area contributed by atoms with Gasteiger partial charge in [0.25, 0.3) is 5.88 Å². The predicted octanol–water partition coefficient (Wildman–Crippen LogP) is 1.75. The quantitative estimate of drug-likeness (QED) is 0.678. The second kappa shape index (κ2) is 3.47. The van der Waals surface area contributed by atoms with Crippen LogP contribution in [0.25, 0.3) is 0 Å². The molecular formula is C8H11FN2O. The molecule has 0 radical (unpaired) electrons. The summed E-state index contributed by atoms with van der Waals surface area (Å²) in [5, 5.41) is 7.37. The van der Waals surface area contributed by atoms with Crippen LogP contribution in [0.1, 0.15) is 25.5 Å². The summed E-state index contributed by atoms with van der Waals surface area (Å²) in [6.07, 6.45) is 0. The van der Waals surface area contributed by atoms with Crippen LogP contribution in [-0.2, 0) is 0 Å². The maximum Gasteiger partial charge on any atom is 0.269 e. The summed E-state index contributed by atoms with van der Waals surface area (Å²) in [4.78, 5) is 0. The molecule has 66 valence electrons. The highest BCUT2D eigenvalue weighted by Gasteiger charge is 2.08. The molecule has 0 aliphatic carbocycles. The molecule has 12 heavy (non-hydrogen) atoms. The lowest BCUT2D eigenvalue weighted by molar-refractivity contribution is 0.361. The third kappa shape index (κ3) is 1.69. The van der Waals surface area contributed by atoms with Gasteiger partial charge in [0.05, 0.1) is 12.8 Å². The second-order valence-corrected chi connectivity index (χ2v) is 2.78. The summed E-state index contributed by atoms with van der Waals surface area (Å²) in [5.74, 6) is -0.339. The van der Waals surface area contributed by atoms with E-state index in [9.17, 15) is 4.39 Å². The molecule has 1 heterocycles. The summed E-state index contributed by atoms with van der Waals surface area (Å²) in [5.41, 5.74) is 0.633. The van der Waals surface area contributed by atoms with Gasteiger partial charge in [0.2, 0.25) is 0 Å². The van der Waals surface area contributed by atoms with Crippen molar-refractivity contribution in [3.8, 4) is 5.88 Å². The van der Waals surface area contributed by atoms with Crippen LogP contribution in [0.2, 0.25) is 0 Å². The van der Waals surface area contributed by atoms with Crippen molar-refractivity contribution in [3.63, 3.8) is 0 Å². The maximum absolute atomic E-state index is 13.0. The summed E-state index contributed by atoms with van der Waals surface area (Å²) in [7, 11) is 1.36. The Hall–Kier alpha value is -1.19. The van der Waals surface area contributed by atoms with Crippen LogP contribution in [0.3, 0.4) is 0 Å². The van der Waals surface area contributed by atoms with Crippen molar-refractivity contribution >= 4 is 0 Å². The standard InChI is InChI=1S/C8H11FN2O/c1-5(2)7-4-6(9)8(12-3)11-10-7/h4-5H,1-3H3. The minimum absolute atomic E-state index is 0.0561. The Morgan fingerprint density at radius 2 is 2.08 bits per heavy atom. The number of hydrogen-bond acceptors (Lipinski definition) is 3. The maximum atomic E-state index is 13.0. The molecule has 1 aromatic rings. The van der Waals surface area contributed by atoms with Gasteiger partial charge in [-0.2, -0.15) is 5.10 Å². The second-order valence-electron chi connectivity index (χ2n) is 2.78. The lowest BCUT2D eigenvalue weighted by atomic mass is 10.1. The van der Waals surface area contributed by atoms with Crippen LogP contribution in [0.5, 0.6) is 5.88 Å². The van der Waals surface area contributed by atoms with Gasteiger partial charge in [-0.3, -0.25) is 0 Å². The number of aromatic nitrogens is 2. The van der Waals surface area contributed by atoms with Crippen molar-refractivity contribution in [2.75, 3.05) is 7.11 Å². The number of nitrogens with zero attached hydrogens (tertiary/aromatic N) is 2. The molecule has 0 aromatic carbocycles. The van der Waals surface area contributed by atoms with Crippen LogP contribution in [-0.4, -0.2) is 17.3 Å². The Kier molecular flexibility index (Phi) is 2.58. The molecule has 0 fully saturated rings. The van der Waals surface area contributed by atoms with Gasteiger partial charge in [-0.25, -0.2) is 4.39 Å². The van der Waals surface area contributed by atoms with Crippen molar-refractivity contribution in [2.45, 2.75) is 19.8 Å². The molecule has 3 nitrogen and oxygen atoms in total. The highest BCUT2D eigenvalue weighted by molar-refractivity contribution is 5.16. The summed E-state index contributed by atoms with van der Waals surface area (Å²) < 4.78 is 17.6. The van der Waals surface area contributed by atoms with Crippen LogP contribution < -0.4 is 4.74 Å². The van der Waals surface area contributed by atoms with E-state index in [1.165, 1.54) is 13.2 Å². The Balaban J connectivity index is 3.02. The van der Waals surface area contributed by atoms with E-state index < -0.39 is 5.82 Å². The van der Waals surface area contributed by atoms with Gasteiger partial charge in [0.1, 0.15) is 0 Å². The van der Waals surface area contributed by atoms with E-state index in [0.29, 0.717) is 5.69 Å². The topological polar surface area (TPSA) is 35.0 Å². The van der Waals surface area contributed by atoms with E-state index in [2.05, 4.69) is 14.9 Å². The molecule has 0 atom stereocenters. The monoisotopic (exact) mass is 170 g/mol. The third-order valence-electron chi connectivity index (χ3n) is 1.52. The number of hydrogen-bond donors (Lipinski definition) is 0. The minimum atomic E-state index is -0.462. The molecule has 4 heteroatoms. The van der Waals surface area contributed by atoms with E-state index >= 15 is 0 Å². The molecule has 1 aromatic heterocycles. The van der Waals surface area contributed by atoms with Crippen molar-refractivity contribution in [2.24, 2.45) is 0 Å². The molecule has 0 bridgehead atoms. The zero-order valence-corrected chi connectivity index (χ0v) is 7.34. The first-order valence-electron chi connectivity index (χ1n) is 3.72. The molecule has 0 amide bonds. The van der Waals surface area contributed by atoms with Crippen molar-refractivity contribution in [1.29, 1.82) is 0 Å². The zero-order valence-electron chi connectivity index (χ0n) is 7.34. The number of methoxy groups -OCH3 is 1. The van der Waals surface area contributed by atoms with Gasteiger partial charge in [-0.1, -0.05) is 13.8 Å². The SMILES string of the molecule is COc1nnc(C(C)C)cc1F. The Morgan fingerprint density at radius 1 is 1.42 bits per heavy atom. The van der Waals surface area contributed by atoms with Gasteiger partial charge < -0.3 is 4.74 Å². The first kappa shape index (κ1) is 8.90. The van der Waals surface area contributed by atoms with Gasteiger partial charge in [-0.15, -0.1) is 5.10 Å². The fraction of sp³-hybridized carbons (Fsp3) is 0.500. The van der Waals surface area contributed by atoms with Crippen LogP contribution in [0.15, 0.2) is 6.07 Å². The Labute approximate surface area is 70.6 Å². The van der Waals surface area contributed by atoms with Gasteiger partial charge in [-0.05, 0) is 5.92 Å². The molecule has 0 aliphatic heterocycles. The van der Waals surface area contributed by atoms with E-state index in [4.69, 9.17) is 0 Å². The van der Waals surface area contributed by atoms with E-state index in [1.54, 1.807) is 0 Å². The molecule has 0 unspecified atom stereocenters. The molecular weight excluding hydrogens is 159 g/mol. The van der Waals surface area contributed by atoms with Gasteiger partial charge >= 0.3 is 0 Å². The van der Waals surface area contributed by atoms with Crippen molar-refractivity contribution < 1.29 is 9.13 Å². The summed E-state index contributed by atoms with van der Waals surface area (Å²) in [6, 6.07) is 1.34. The van der Waals surface area contributed by atoms with Crippen molar-refractivity contribution in [1.82, 2.24) is 10.2 Å². The molecule has 0 aliphatic rings. The van der Waals surface area contributed by atoms with E-state index in [1.807, 2.05) is 13.8 Å². The first-order chi connectivity index (χ1) is 5.65. The van der Waals surface area contributed by atoms with Crippen LogP contribution >= 0.6 is 0 Å². The van der Waals surface area contributed by atoms with Crippen molar-refractivity contribution in [3.05, 3.63) is 17.6 Å². The van der Waals surface area contributed by atoms with E-state index in [0.717, 1.165) is 0 Å². The highest BCUT2D eigenvalue weighted by Crippen LogP contribution is 2.16. The molecule has 0 spiro atoms. The summed E-state index contributed by atoms with van der Waals surface area (Å²) >= 11 is 0. The minimum Gasteiger partial charge on any atom is -0.478 e. The largest absolute Gasteiger partial charge is 0.478 e. The van der Waals surface area contributed by atoms with Crippen LogP contribution in [0, 0.1) is 5.82 Å². The lowest BCUT2D eigenvalue weighted by Crippen LogP contribution is -2.00. The Bertz CT molecular complexity index is 276. The average Bonchev–Trinajstić information content (AvgIpc) is 2.04. The molecule has 0 saturated heterocycles. The average molecular weight is 170 g/mol. The zero-order chi connectivity index (χ0) is 9.14. The molecule has 0 saturated carbocycles. The number of ether oxygens (including phenoxy) is 1. The van der Waals surface area contributed by atoms with E-state index in [-0.39, 0.29) is 11.8 Å². The highest BCUT2D eigenvalue weighted by atomic mass is 19.1. The lowest BCUT2D eigenvalue weighted by Gasteiger charge is -2.04.